The maximum Gasteiger partial charge on any atom is 0.0518 e. The first kappa shape index (κ1) is 37.6. The first-order valence-corrected chi connectivity index (χ1v) is 23.4. The van der Waals surface area contributed by atoms with Crippen LogP contribution in [0.15, 0.2) is 194 Å². The van der Waals surface area contributed by atoms with Gasteiger partial charge in [0.1, 0.15) is 0 Å². The first-order valence-electron chi connectivity index (χ1n) is 23.4. The zero-order valence-electron chi connectivity index (χ0n) is 37.2. The van der Waals surface area contributed by atoms with Crippen molar-refractivity contribution in [1.82, 2.24) is 0 Å². The molecule has 13 rings (SSSR count). The van der Waals surface area contributed by atoms with Crippen LogP contribution in [0.4, 0.5) is 22.7 Å². The number of hydrogen-bond acceptors (Lipinski definition) is 2. The third-order valence-corrected chi connectivity index (χ3v) is 17.2. The molecule has 0 amide bonds. The zero-order chi connectivity index (χ0) is 43.0. The van der Waals surface area contributed by atoms with Gasteiger partial charge in [-0.2, -0.15) is 0 Å². The lowest BCUT2D eigenvalue weighted by Crippen LogP contribution is -2.60. The Balaban J connectivity index is 1.00. The van der Waals surface area contributed by atoms with Crippen molar-refractivity contribution in [3.63, 3.8) is 0 Å². The summed E-state index contributed by atoms with van der Waals surface area (Å²) >= 11 is 0. The third-order valence-electron chi connectivity index (χ3n) is 17.2. The average molecular weight is 825 g/mol. The van der Waals surface area contributed by atoms with E-state index < -0.39 is 0 Å². The highest BCUT2D eigenvalue weighted by atomic mass is 15.3. The minimum absolute atomic E-state index is 0.0551. The molecule has 0 bridgehead atoms. The van der Waals surface area contributed by atoms with E-state index in [1.807, 2.05) is 0 Å². The topological polar surface area (TPSA) is 6.48 Å². The fourth-order valence-electron chi connectivity index (χ4n) is 12.9. The predicted octanol–water partition coefficient (Wildman–Crippen LogP) is 16.6. The number of rotatable bonds is 6. The van der Waals surface area contributed by atoms with E-state index in [-0.39, 0.29) is 21.9 Å². The number of fused-ring (bicyclic) bond motifs is 8. The summed E-state index contributed by atoms with van der Waals surface area (Å²) < 4.78 is 0. The molecule has 2 fully saturated rings. The first-order chi connectivity index (χ1) is 31.2. The van der Waals surface area contributed by atoms with E-state index in [2.05, 4.69) is 232 Å². The van der Waals surface area contributed by atoms with E-state index in [1.165, 1.54) is 126 Å². The highest BCUT2D eigenvalue weighted by molar-refractivity contribution is 6.22. The fourth-order valence-corrected chi connectivity index (χ4v) is 12.9. The van der Waals surface area contributed by atoms with Gasteiger partial charge >= 0.3 is 0 Å². The zero-order valence-corrected chi connectivity index (χ0v) is 37.2. The largest absolute Gasteiger partial charge is 0.334 e. The normalized spacial score (nSPS) is 23.9. The third kappa shape index (κ3) is 4.92. The second-order valence-electron chi connectivity index (χ2n) is 20.0. The molecule has 4 unspecified atom stereocenters. The Hall–Kier alpha value is -6.90. The molecule has 4 atom stereocenters. The van der Waals surface area contributed by atoms with Crippen molar-refractivity contribution in [3.05, 3.63) is 205 Å². The van der Waals surface area contributed by atoms with Gasteiger partial charge in [0.15, 0.2) is 0 Å². The van der Waals surface area contributed by atoms with Crippen molar-refractivity contribution in [2.24, 2.45) is 0 Å². The minimum atomic E-state index is 0.0551. The number of benzene rings is 9. The standard InChI is InChI=1S/C62H52N2/c1-59-33-35-61(59,3)63(47-21-13-7-14-22-47)55-31-27-45(39-53(55)59)43-25-29-49-51(37-43)57(41-17-9-5-10-18-41)50-30-26-44(38-52(50)58(49)42-19-11-6-12-20-42)46-28-32-56-54(40-46)60(2)34-36-62(60,4)64(56)48-23-15-8-16-24-48/h5-32,37-40H,33-36H2,1-4H3. The van der Waals surface area contributed by atoms with Gasteiger partial charge in [0.25, 0.3) is 0 Å². The minimum Gasteiger partial charge on any atom is -0.334 e. The molecule has 2 nitrogen and oxygen atoms in total. The van der Waals surface area contributed by atoms with E-state index >= 15 is 0 Å². The van der Waals surface area contributed by atoms with Crippen molar-refractivity contribution in [1.29, 1.82) is 0 Å². The smallest absolute Gasteiger partial charge is 0.0518 e. The molecule has 0 spiro atoms. The van der Waals surface area contributed by atoms with Crippen LogP contribution in [-0.2, 0) is 10.8 Å². The maximum atomic E-state index is 2.63. The summed E-state index contributed by atoms with van der Waals surface area (Å²) in [5, 5.41) is 5.12. The van der Waals surface area contributed by atoms with Crippen molar-refractivity contribution in [2.45, 2.75) is 75.3 Å². The Kier molecular flexibility index (Phi) is 7.83. The highest BCUT2D eigenvalue weighted by Crippen LogP contribution is 2.67. The summed E-state index contributed by atoms with van der Waals surface area (Å²) in [5.74, 6) is 0. The van der Waals surface area contributed by atoms with Gasteiger partial charge in [-0.25, -0.2) is 0 Å². The van der Waals surface area contributed by atoms with Crippen LogP contribution in [0.3, 0.4) is 0 Å². The molecule has 2 saturated carbocycles. The molecule has 0 N–H and O–H groups in total. The van der Waals surface area contributed by atoms with Crippen LogP contribution in [0.5, 0.6) is 0 Å². The summed E-state index contributed by atoms with van der Waals surface area (Å²) in [6.07, 6.45) is 4.77. The molecule has 2 heterocycles. The Labute approximate surface area is 377 Å². The average Bonchev–Trinajstić information content (AvgIpc) is 3.56. The molecule has 2 aliphatic carbocycles. The van der Waals surface area contributed by atoms with Crippen LogP contribution in [0.25, 0.3) is 66.1 Å². The highest BCUT2D eigenvalue weighted by Gasteiger charge is 2.64. The fraction of sp³-hybridized carbons (Fsp3) is 0.194. The summed E-state index contributed by atoms with van der Waals surface area (Å²) in [4.78, 5) is 5.26. The predicted molar refractivity (Wildman–Crippen MR) is 270 cm³/mol. The van der Waals surface area contributed by atoms with Crippen molar-refractivity contribution >= 4 is 44.3 Å². The Morgan fingerprint density at radius 1 is 0.312 bits per heavy atom. The van der Waals surface area contributed by atoms with Gasteiger partial charge in [0.05, 0.1) is 11.1 Å². The van der Waals surface area contributed by atoms with Crippen molar-refractivity contribution < 1.29 is 0 Å². The molecular weight excluding hydrogens is 773 g/mol. The molecule has 4 aliphatic rings. The second kappa shape index (κ2) is 13.3. The number of anilines is 4. The van der Waals surface area contributed by atoms with Gasteiger partial charge in [-0.1, -0.05) is 147 Å². The molecule has 9 aromatic rings. The van der Waals surface area contributed by atoms with Crippen LogP contribution < -0.4 is 9.80 Å². The van der Waals surface area contributed by atoms with E-state index in [0.717, 1.165) is 0 Å². The molecule has 310 valence electrons. The van der Waals surface area contributed by atoms with Crippen molar-refractivity contribution in [2.75, 3.05) is 9.80 Å². The molecule has 64 heavy (non-hydrogen) atoms. The number of para-hydroxylation sites is 2. The molecule has 0 radical (unpaired) electrons. The van der Waals surface area contributed by atoms with Gasteiger partial charge in [0.2, 0.25) is 0 Å². The van der Waals surface area contributed by atoms with Crippen LogP contribution in [-0.4, -0.2) is 11.1 Å². The Morgan fingerprint density at radius 2 is 0.656 bits per heavy atom. The van der Waals surface area contributed by atoms with E-state index in [1.54, 1.807) is 0 Å². The van der Waals surface area contributed by atoms with Crippen LogP contribution in [0, 0.1) is 0 Å². The monoisotopic (exact) mass is 824 g/mol. The van der Waals surface area contributed by atoms with Gasteiger partial charge in [-0.15, -0.1) is 0 Å². The lowest BCUT2D eigenvalue weighted by atomic mass is 9.55. The SMILES string of the molecule is CC12CCC1(C)N(c1ccccc1)c1ccc(-c3ccc4c(-c5ccccc5)c5cc(-c6ccc7c(c6)C6(C)CCC6(C)N7c6ccccc6)ccc5c(-c5ccccc5)c4c3)cc12. The molecule has 0 saturated heterocycles. The van der Waals surface area contributed by atoms with Gasteiger partial charge in [0, 0.05) is 33.6 Å². The summed E-state index contributed by atoms with van der Waals surface area (Å²) in [6, 6.07) is 73.3. The van der Waals surface area contributed by atoms with Gasteiger partial charge in [-0.3, -0.25) is 0 Å². The Morgan fingerprint density at radius 3 is 1.02 bits per heavy atom. The quantitative estimate of drug-likeness (QED) is 0.154. The van der Waals surface area contributed by atoms with E-state index in [4.69, 9.17) is 0 Å². The van der Waals surface area contributed by atoms with Crippen LogP contribution in [0.1, 0.15) is 64.5 Å². The second-order valence-corrected chi connectivity index (χ2v) is 20.0. The molecule has 2 aliphatic heterocycles. The summed E-state index contributed by atoms with van der Waals surface area (Å²) in [7, 11) is 0. The van der Waals surface area contributed by atoms with Gasteiger partial charge in [-0.05, 0) is 177 Å². The summed E-state index contributed by atoms with van der Waals surface area (Å²) in [5.41, 5.74) is 18.6. The molecule has 0 aromatic heterocycles. The van der Waals surface area contributed by atoms with Crippen LogP contribution in [0.2, 0.25) is 0 Å². The number of hydrogen-bond donors (Lipinski definition) is 0. The molecule has 2 heteroatoms. The Bertz CT molecular complexity index is 3110. The molecule has 9 aromatic carbocycles. The summed E-state index contributed by atoms with van der Waals surface area (Å²) in [6.45, 7) is 9.94. The lowest BCUT2D eigenvalue weighted by Gasteiger charge is -2.56. The lowest BCUT2D eigenvalue weighted by molar-refractivity contribution is 0.133. The van der Waals surface area contributed by atoms with Gasteiger partial charge < -0.3 is 9.80 Å². The number of nitrogens with zero attached hydrogens (tertiary/aromatic N) is 2. The van der Waals surface area contributed by atoms with Crippen LogP contribution >= 0.6 is 0 Å². The van der Waals surface area contributed by atoms with E-state index in [9.17, 15) is 0 Å². The van der Waals surface area contributed by atoms with E-state index in [0.29, 0.717) is 0 Å². The van der Waals surface area contributed by atoms with Crippen molar-refractivity contribution in [3.8, 4) is 44.5 Å². The maximum absolute atomic E-state index is 2.63. The molecular formula is C62H52N2.